The number of rotatable bonds is 6. The van der Waals surface area contributed by atoms with E-state index < -0.39 is 0 Å². The lowest BCUT2D eigenvalue weighted by Crippen LogP contribution is -2.31. The van der Waals surface area contributed by atoms with E-state index in [0.29, 0.717) is 19.0 Å². The molecule has 0 atom stereocenters. The van der Waals surface area contributed by atoms with Crippen LogP contribution >= 0.6 is 0 Å². The Kier molecular flexibility index (Phi) is 5.40. The summed E-state index contributed by atoms with van der Waals surface area (Å²) >= 11 is 0. The summed E-state index contributed by atoms with van der Waals surface area (Å²) in [7, 11) is 0. The molecule has 3 heteroatoms. The van der Waals surface area contributed by atoms with Gasteiger partial charge in [0.05, 0.1) is 0 Å². The number of hydrogen-bond acceptors (Lipinski definition) is 2. The van der Waals surface area contributed by atoms with Gasteiger partial charge >= 0.3 is 0 Å². The third-order valence-corrected chi connectivity index (χ3v) is 3.75. The Hall–Kier alpha value is -1.35. The summed E-state index contributed by atoms with van der Waals surface area (Å²) in [6.45, 7) is 3.49. The Labute approximate surface area is 115 Å². The van der Waals surface area contributed by atoms with Gasteiger partial charge in [-0.3, -0.25) is 4.79 Å². The fourth-order valence-electron chi connectivity index (χ4n) is 2.51. The molecule has 2 N–H and O–H groups in total. The molecule has 104 valence electrons. The molecular weight excluding hydrogens is 236 g/mol. The fourth-order valence-corrected chi connectivity index (χ4v) is 2.51. The van der Waals surface area contributed by atoms with Crippen LogP contribution in [-0.2, 0) is 11.3 Å². The zero-order valence-corrected chi connectivity index (χ0v) is 11.7. The molecule has 0 unspecified atom stereocenters. The summed E-state index contributed by atoms with van der Waals surface area (Å²) in [5, 5.41) is 6.42. The summed E-state index contributed by atoms with van der Waals surface area (Å²) in [5.74, 6) is 0.131. The summed E-state index contributed by atoms with van der Waals surface area (Å²) in [4.78, 5) is 11.7. The predicted octanol–water partition coefficient (Wildman–Crippen LogP) is 2.53. The molecule has 0 aliphatic heterocycles. The summed E-state index contributed by atoms with van der Waals surface area (Å²) in [6.07, 6.45) is 5.77. The molecule has 1 saturated carbocycles. The van der Waals surface area contributed by atoms with E-state index >= 15 is 0 Å². The van der Waals surface area contributed by atoms with Gasteiger partial charge in [0.15, 0.2) is 0 Å². The first-order valence-corrected chi connectivity index (χ1v) is 7.29. The van der Waals surface area contributed by atoms with E-state index in [1.165, 1.54) is 31.2 Å². The van der Waals surface area contributed by atoms with Gasteiger partial charge in [0, 0.05) is 25.6 Å². The quantitative estimate of drug-likeness (QED) is 0.825. The second-order valence-electron chi connectivity index (χ2n) is 5.45. The largest absolute Gasteiger partial charge is 0.352 e. The Balaban J connectivity index is 1.60. The molecule has 1 aromatic rings. The molecule has 19 heavy (non-hydrogen) atoms. The van der Waals surface area contributed by atoms with Gasteiger partial charge in [-0.15, -0.1) is 0 Å². The van der Waals surface area contributed by atoms with E-state index in [9.17, 15) is 4.79 Å². The van der Waals surface area contributed by atoms with Crippen molar-refractivity contribution in [3.8, 4) is 0 Å². The molecule has 0 saturated heterocycles. The van der Waals surface area contributed by atoms with Crippen molar-refractivity contribution in [3.05, 3.63) is 35.4 Å². The van der Waals surface area contributed by atoms with Crippen LogP contribution in [0.1, 0.15) is 43.2 Å². The number of carbonyl (C=O) groups is 1. The SMILES string of the molecule is Cc1ccc(CNC(=O)CCNC2CCCC2)cc1. The first-order chi connectivity index (χ1) is 9.24. The summed E-state index contributed by atoms with van der Waals surface area (Å²) < 4.78 is 0. The van der Waals surface area contributed by atoms with Gasteiger partial charge in [-0.25, -0.2) is 0 Å². The van der Waals surface area contributed by atoms with Crippen molar-refractivity contribution < 1.29 is 4.79 Å². The van der Waals surface area contributed by atoms with E-state index in [-0.39, 0.29) is 5.91 Å². The Morgan fingerprint density at radius 1 is 1.21 bits per heavy atom. The zero-order valence-electron chi connectivity index (χ0n) is 11.7. The number of benzene rings is 1. The number of aryl methyl sites for hydroxylation is 1. The van der Waals surface area contributed by atoms with E-state index in [1.54, 1.807) is 0 Å². The highest BCUT2D eigenvalue weighted by atomic mass is 16.1. The predicted molar refractivity (Wildman–Crippen MR) is 77.9 cm³/mol. The standard InChI is InChI=1S/C16H24N2O/c1-13-6-8-14(9-7-13)12-18-16(19)10-11-17-15-4-2-3-5-15/h6-9,15,17H,2-5,10-12H2,1H3,(H,18,19). The van der Waals surface area contributed by atoms with Crippen LogP contribution < -0.4 is 10.6 Å². The third kappa shape index (κ3) is 5.03. The molecule has 0 spiro atoms. The maximum atomic E-state index is 11.7. The fraction of sp³-hybridized carbons (Fsp3) is 0.562. The summed E-state index contributed by atoms with van der Waals surface area (Å²) in [5.41, 5.74) is 2.40. The molecule has 1 amide bonds. The number of nitrogens with one attached hydrogen (secondary N) is 2. The van der Waals surface area contributed by atoms with Crippen LogP contribution in [0.4, 0.5) is 0 Å². The van der Waals surface area contributed by atoms with Crippen molar-refractivity contribution in [1.82, 2.24) is 10.6 Å². The maximum Gasteiger partial charge on any atom is 0.221 e. The molecule has 2 rings (SSSR count). The minimum absolute atomic E-state index is 0.131. The first-order valence-electron chi connectivity index (χ1n) is 7.29. The highest BCUT2D eigenvalue weighted by Crippen LogP contribution is 2.17. The second kappa shape index (κ2) is 7.29. The normalized spacial score (nSPS) is 15.6. The van der Waals surface area contributed by atoms with Crippen molar-refractivity contribution in [2.45, 2.75) is 51.6 Å². The minimum atomic E-state index is 0.131. The Bertz CT molecular complexity index is 394. The molecule has 1 aliphatic carbocycles. The van der Waals surface area contributed by atoms with Crippen LogP contribution in [0.3, 0.4) is 0 Å². The molecule has 1 aliphatic rings. The topological polar surface area (TPSA) is 41.1 Å². The van der Waals surface area contributed by atoms with E-state index in [4.69, 9.17) is 0 Å². The lowest BCUT2D eigenvalue weighted by atomic mass is 10.1. The van der Waals surface area contributed by atoms with E-state index in [1.807, 2.05) is 0 Å². The molecule has 0 heterocycles. The lowest BCUT2D eigenvalue weighted by Gasteiger charge is -2.11. The van der Waals surface area contributed by atoms with Crippen LogP contribution in [0.2, 0.25) is 0 Å². The number of carbonyl (C=O) groups excluding carboxylic acids is 1. The van der Waals surface area contributed by atoms with Gasteiger partial charge in [-0.1, -0.05) is 42.7 Å². The number of hydrogen-bond donors (Lipinski definition) is 2. The molecule has 1 fully saturated rings. The van der Waals surface area contributed by atoms with Crippen molar-refractivity contribution in [2.75, 3.05) is 6.54 Å². The highest BCUT2D eigenvalue weighted by Gasteiger charge is 2.13. The monoisotopic (exact) mass is 260 g/mol. The maximum absolute atomic E-state index is 11.7. The van der Waals surface area contributed by atoms with Crippen molar-refractivity contribution in [1.29, 1.82) is 0 Å². The van der Waals surface area contributed by atoms with Gasteiger partial charge < -0.3 is 10.6 Å². The summed E-state index contributed by atoms with van der Waals surface area (Å²) in [6, 6.07) is 8.91. The molecule has 0 radical (unpaired) electrons. The van der Waals surface area contributed by atoms with Crippen LogP contribution in [0.15, 0.2) is 24.3 Å². The molecule has 0 bridgehead atoms. The highest BCUT2D eigenvalue weighted by molar-refractivity contribution is 5.76. The average Bonchev–Trinajstić information content (AvgIpc) is 2.91. The van der Waals surface area contributed by atoms with Crippen LogP contribution in [0.25, 0.3) is 0 Å². The van der Waals surface area contributed by atoms with Crippen LogP contribution in [0.5, 0.6) is 0 Å². The zero-order chi connectivity index (χ0) is 13.5. The minimum Gasteiger partial charge on any atom is -0.352 e. The molecule has 1 aromatic carbocycles. The Morgan fingerprint density at radius 2 is 1.89 bits per heavy atom. The van der Waals surface area contributed by atoms with Crippen molar-refractivity contribution in [3.63, 3.8) is 0 Å². The first kappa shape index (κ1) is 14.1. The second-order valence-corrected chi connectivity index (χ2v) is 5.45. The molecular formula is C16H24N2O. The van der Waals surface area contributed by atoms with Crippen LogP contribution in [0, 0.1) is 6.92 Å². The van der Waals surface area contributed by atoms with Gasteiger partial charge in [0.25, 0.3) is 0 Å². The average molecular weight is 260 g/mol. The Morgan fingerprint density at radius 3 is 2.58 bits per heavy atom. The van der Waals surface area contributed by atoms with Crippen molar-refractivity contribution >= 4 is 5.91 Å². The van der Waals surface area contributed by atoms with E-state index in [2.05, 4.69) is 41.8 Å². The number of amides is 1. The third-order valence-electron chi connectivity index (χ3n) is 3.75. The van der Waals surface area contributed by atoms with Gasteiger partial charge in [-0.05, 0) is 25.3 Å². The van der Waals surface area contributed by atoms with Crippen molar-refractivity contribution in [2.24, 2.45) is 0 Å². The van der Waals surface area contributed by atoms with Gasteiger partial charge in [0.2, 0.25) is 5.91 Å². The molecule has 3 nitrogen and oxygen atoms in total. The smallest absolute Gasteiger partial charge is 0.221 e. The van der Waals surface area contributed by atoms with E-state index in [0.717, 1.165) is 12.1 Å². The lowest BCUT2D eigenvalue weighted by molar-refractivity contribution is -0.121. The molecule has 0 aromatic heterocycles. The van der Waals surface area contributed by atoms with Gasteiger partial charge in [-0.2, -0.15) is 0 Å². The van der Waals surface area contributed by atoms with Crippen LogP contribution in [-0.4, -0.2) is 18.5 Å². The van der Waals surface area contributed by atoms with Gasteiger partial charge in [0.1, 0.15) is 0 Å².